The second-order valence-electron chi connectivity index (χ2n) is 4.83. The molecule has 1 unspecified atom stereocenters. The van der Waals surface area contributed by atoms with Crippen LogP contribution in [-0.2, 0) is 4.74 Å². The molecule has 118 valence electrons. The van der Waals surface area contributed by atoms with Crippen molar-refractivity contribution in [1.29, 1.82) is 0 Å². The van der Waals surface area contributed by atoms with Gasteiger partial charge in [0, 0.05) is 18.7 Å². The Labute approximate surface area is 134 Å². The predicted molar refractivity (Wildman–Crippen MR) is 88.4 cm³/mol. The number of halogens is 1. The Morgan fingerprint density at radius 1 is 1.32 bits per heavy atom. The third-order valence-electron chi connectivity index (χ3n) is 3.12. The van der Waals surface area contributed by atoms with Gasteiger partial charge in [-0.1, -0.05) is 11.6 Å². The zero-order valence-corrected chi connectivity index (χ0v) is 13.5. The summed E-state index contributed by atoms with van der Waals surface area (Å²) in [6.07, 6.45) is 1.45. The Kier molecular flexibility index (Phi) is 5.41. The number of rotatable bonds is 6. The van der Waals surface area contributed by atoms with E-state index in [2.05, 4.69) is 15.3 Å². The van der Waals surface area contributed by atoms with E-state index < -0.39 is 0 Å². The van der Waals surface area contributed by atoms with Crippen LogP contribution in [0.5, 0.6) is 5.75 Å². The third-order valence-corrected chi connectivity index (χ3v) is 3.43. The number of aromatic nitrogens is 2. The minimum atomic E-state index is 0.0707. The van der Waals surface area contributed by atoms with E-state index in [1.165, 1.54) is 6.33 Å². The molecule has 7 heteroatoms. The van der Waals surface area contributed by atoms with Crippen LogP contribution in [-0.4, -0.2) is 36.8 Å². The lowest BCUT2D eigenvalue weighted by molar-refractivity contribution is 0.190. The fourth-order valence-corrected chi connectivity index (χ4v) is 2.33. The Hall–Kier alpha value is -2.05. The van der Waals surface area contributed by atoms with Gasteiger partial charge in [-0.15, -0.1) is 0 Å². The molecular formula is C15H19ClN4O2. The summed E-state index contributed by atoms with van der Waals surface area (Å²) in [5.74, 6) is 1.23. The summed E-state index contributed by atoms with van der Waals surface area (Å²) in [7, 11) is 3.23. The number of nitrogen functional groups attached to an aromatic ring is 1. The Bertz CT molecular complexity index is 651. The van der Waals surface area contributed by atoms with Crippen LogP contribution >= 0.6 is 11.6 Å². The molecule has 0 bridgehead atoms. The van der Waals surface area contributed by atoms with Gasteiger partial charge in [-0.2, -0.15) is 0 Å². The molecule has 1 atom stereocenters. The highest BCUT2D eigenvalue weighted by atomic mass is 35.5. The maximum Gasteiger partial charge on any atom is 0.153 e. The van der Waals surface area contributed by atoms with Crippen LogP contribution in [0.25, 0.3) is 11.3 Å². The largest absolute Gasteiger partial charge is 0.497 e. The normalized spacial score (nSPS) is 12.0. The molecule has 0 spiro atoms. The van der Waals surface area contributed by atoms with Crippen molar-refractivity contribution in [2.45, 2.75) is 13.0 Å². The lowest BCUT2D eigenvalue weighted by Crippen LogP contribution is -2.22. The summed E-state index contributed by atoms with van der Waals surface area (Å²) in [5, 5.41) is 3.71. The molecule has 0 aliphatic rings. The molecule has 2 rings (SSSR count). The molecule has 0 aliphatic heterocycles. The van der Waals surface area contributed by atoms with Crippen molar-refractivity contribution < 1.29 is 9.47 Å². The molecule has 0 fully saturated rings. The minimum absolute atomic E-state index is 0.0707. The first-order chi connectivity index (χ1) is 10.6. The number of nitrogens with two attached hydrogens (primary N) is 1. The molecule has 22 heavy (non-hydrogen) atoms. The first-order valence-electron chi connectivity index (χ1n) is 6.76. The van der Waals surface area contributed by atoms with E-state index >= 15 is 0 Å². The summed E-state index contributed by atoms with van der Waals surface area (Å²) in [4.78, 5) is 8.43. The number of benzene rings is 1. The topological polar surface area (TPSA) is 82.3 Å². The fraction of sp³-hybridized carbons (Fsp3) is 0.333. The highest BCUT2D eigenvalue weighted by Crippen LogP contribution is 2.35. The van der Waals surface area contributed by atoms with Gasteiger partial charge in [0.1, 0.15) is 23.5 Å². The Balaban J connectivity index is 2.36. The van der Waals surface area contributed by atoms with E-state index in [1.54, 1.807) is 20.3 Å². The average molecular weight is 323 g/mol. The van der Waals surface area contributed by atoms with Crippen molar-refractivity contribution in [2.75, 3.05) is 31.9 Å². The first kappa shape index (κ1) is 16.3. The van der Waals surface area contributed by atoms with Crippen LogP contribution < -0.4 is 15.8 Å². The van der Waals surface area contributed by atoms with Crippen molar-refractivity contribution in [1.82, 2.24) is 9.97 Å². The van der Waals surface area contributed by atoms with Crippen LogP contribution in [0.1, 0.15) is 6.92 Å². The molecule has 0 saturated carbocycles. The molecule has 0 radical (unpaired) electrons. The quantitative estimate of drug-likeness (QED) is 0.851. The SMILES string of the molecule is COCC(C)Nc1ncnc(-c2ccc(OC)cc2Cl)c1N. The molecule has 3 N–H and O–H groups in total. The van der Waals surface area contributed by atoms with E-state index in [0.717, 1.165) is 5.56 Å². The molecule has 1 heterocycles. The van der Waals surface area contributed by atoms with Crippen LogP contribution in [0, 0.1) is 0 Å². The van der Waals surface area contributed by atoms with Crippen LogP contribution in [0.2, 0.25) is 5.02 Å². The van der Waals surface area contributed by atoms with Gasteiger partial charge in [0.15, 0.2) is 5.82 Å². The zero-order valence-electron chi connectivity index (χ0n) is 12.8. The van der Waals surface area contributed by atoms with Crippen LogP contribution in [0.3, 0.4) is 0 Å². The number of ether oxygens (including phenoxy) is 2. The van der Waals surface area contributed by atoms with Crippen molar-refractivity contribution in [2.24, 2.45) is 0 Å². The second-order valence-corrected chi connectivity index (χ2v) is 5.24. The van der Waals surface area contributed by atoms with E-state index in [1.807, 2.05) is 19.1 Å². The van der Waals surface area contributed by atoms with Gasteiger partial charge in [-0.3, -0.25) is 0 Å². The molecule has 0 amide bonds. The number of anilines is 2. The van der Waals surface area contributed by atoms with Gasteiger partial charge in [-0.25, -0.2) is 9.97 Å². The molecule has 0 aliphatic carbocycles. The summed E-state index contributed by atoms with van der Waals surface area (Å²) in [6, 6.07) is 5.42. The monoisotopic (exact) mass is 322 g/mol. The molecule has 2 aromatic rings. The summed E-state index contributed by atoms with van der Waals surface area (Å²) in [6.45, 7) is 2.52. The Morgan fingerprint density at radius 3 is 2.73 bits per heavy atom. The fourth-order valence-electron chi connectivity index (χ4n) is 2.07. The van der Waals surface area contributed by atoms with E-state index in [4.69, 9.17) is 26.8 Å². The van der Waals surface area contributed by atoms with Gasteiger partial charge in [0.25, 0.3) is 0 Å². The van der Waals surface area contributed by atoms with E-state index in [9.17, 15) is 0 Å². The molecule has 1 aromatic heterocycles. The van der Waals surface area contributed by atoms with Gasteiger partial charge in [0.05, 0.1) is 18.7 Å². The van der Waals surface area contributed by atoms with Gasteiger partial charge in [0.2, 0.25) is 0 Å². The molecule has 6 nitrogen and oxygen atoms in total. The van der Waals surface area contributed by atoms with Crippen LogP contribution in [0.4, 0.5) is 11.5 Å². The number of hydrogen-bond acceptors (Lipinski definition) is 6. The lowest BCUT2D eigenvalue weighted by atomic mass is 10.1. The highest BCUT2D eigenvalue weighted by molar-refractivity contribution is 6.33. The van der Waals surface area contributed by atoms with Crippen LogP contribution in [0.15, 0.2) is 24.5 Å². The maximum atomic E-state index is 6.29. The first-order valence-corrected chi connectivity index (χ1v) is 7.14. The smallest absolute Gasteiger partial charge is 0.153 e. The highest BCUT2D eigenvalue weighted by Gasteiger charge is 2.14. The number of hydrogen-bond donors (Lipinski definition) is 2. The van der Waals surface area contributed by atoms with Crippen molar-refractivity contribution in [3.8, 4) is 17.0 Å². The number of methoxy groups -OCH3 is 2. The molecule has 1 aromatic carbocycles. The van der Waals surface area contributed by atoms with Crippen molar-refractivity contribution in [3.05, 3.63) is 29.5 Å². The number of nitrogens with zero attached hydrogens (tertiary/aromatic N) is 2. The summed E-state index contributed by atoms with van der Waals surface area (Å²) in [5.41, 5.74) is 7.93. The van der Waals surface area contributed by atoms with E-state index in [0.29, 0.717) is 34.6 Å². The second kappa shape index (κ2) is 7.29. The van der Waals surface area contributed by atoms with E-state index in [-0.39, 0.29) is 6.04 Å². The lowest BCUT2D eigenvalue weighted by Gasteiger charge is -2.16. The number of nitrogens with one attached hydrogen (secondary N) is 1. The predicted octanol–water partition coefficient (Wildman–Crippen LogP) is 2.83. The summed E-state index contributed by atoms with van der Waals surface area (Å²) >= 11 is 6.29. The third kappa shape index (κ3) is 3.58. The minimum Gasteiger partial charge on any atom is -0.497 e. The van der Waals surface area contributed by atoms with Gasteiger partial charge < -0.3 is 20.5 Å². The molecule has 0 saturated heterocycles. The summed E-state index contributed by atoms with van der Waals surface area (Å²) < 4.78 is 10.2. The maximum absolute atomic E-state index is 6.29. The Morgan fingerprint density at radius 2 is 2.09 bits per heavy atom. The van der Waals surface area contributed by atoms with Crippen molar-refractivity contribution in [3.63, 3.8) is 0 Å². The zero-order chi connectivity index (χ0) is 16.1. The van der Waals surface area contributed by atoms with Gasteiger partial charge >= 0.3 is 0 Å². The van der Waals surface area contributed by atoms with Gasteiger partial charge in [-0.05, 0) is 25.1 Å². The average Bonchev–Trinajstić information content (AvgIpc) is 2.50. The molecular weight excluding hydrogens is 304 g/mol. The standard InChI is InChI=1S/C15H19ClN4O2/c1-9(7-21-2)20-15-13(17)14(18-8-19-15)11-5-4-10(22-3)6-12(11)16/h4-6,8-9H,7,17H2,1-3H3,(H,18,19,20). The van der Waals surface area contributed by atoms with Crippen molar-refractivity contribution >= 4 is 23.1 Å².